The average molecular weight is 256 g/mol. The number of carbonyl (C=O) groups excluding carboxylic acids is 1. The molecule has 1 atom stereocenters. The van der Waals surface area contributed by atoms with Crippen molar-refractivity contribution in [2.24, 2.45) is 11.3 Å². The number of likely N-dealkylation sites (tertiary alicyclic amines) is 1. The van der Waals surface area contributed by atoms with Crippen molar-refractivity contribution in [3.63, 3.8) is 0 Å². The van der Waals surface area contributed by atoms with Gasteiger partial charge in [0.05, 0.1) is 12.0 Å². The van der Waals surface area contributed by atoms with Gasteiger partial charge >= 0.3 is 5.97 Å². The number of rotatable bonds is 6. The lowest BCUT2D eigenvalue weighted by Crippen LogP contribution is -2.42. The Morgan fingerprint density at radius 3 is 2.56 bits per heavy atom. The molecule has 1 aliphatic heterocycles. The lowest BCUT2D eigenvalue weighted by Gasteiger charge is -2.28. The second kappa shape index (κ2) is 6.18. The van der Waals surface area contributed by atoms with Gasteiger partial charge in [0.25, 0.3) is 0 Å². The molecule has 1 fully saturated rings. The molecule has 1 rings (SSSR count). The SMILES string of the molecule is CCCNCC(=O)N1CCC(C(=O)O)(C(C)C)C1. The Hall–Kier alpha value is -1.10. The molecule has 0 saturated carbocycles. The minimum absolute atomic E-state index is 0.00669. The van der Waals surface area contributed by atoms with E-state index in [0.717, 1.165) is 13.0 Å². The molecule has 104 valence electrons. The van der Waals surface area contributed by atoms with Crippen molar-refractivity contribution in [2.75, 3.05) is 26.2 Å². The summed E-state index contributed by atoms with van der Waals surface area (Å²) in [6.07, 6.45) is 1.54. The van der Waals surface area contributed by atoms with Crippen LogP contribution in [0.5, 0.6) is 0 Å². The largest absolute Gasteiger partial charge is 0.481 e. The zero-order valence-corrected chi connectivity index (χ0v) is 11.5. The van der Waals surface area contributed by atoms with Crippen molar-refractivity contribution in [1.82, 2.24) is 10.2 Å². The van der Waals surface area contributed by atoms with E-state index in [9.17, 15) is 14.7 Å². The number of carbonyl (C=O) groups is 2. The maximum Gasteiger partial charge on any atom is 0.311 e. The van der Waals surface area contributed by atoms with Gasteiger partial charge in [0.1, 0.15) is 0 Å². The molecule has 0 radical (unpaired) electrons. The van der Waals surface area contributed by atoms with Crippen LogP contribution in [-0.2, 0) is 9.59 Å². The zero-order valence-electron chi connectivity index (χ0n) is 11.5. The van der Waals surface area contributed by atoms with Gasteiger partial charge in [-0.05, 0) is 25.3 Å². The Morgan fingerprint density at radius 1 is 1.44 bits per heavy atom. The second-order valence-electron chi connectivity index (χ2n) is 5.36. The highest BCUT2D eigenvalue weighted by molar-refractivity contribution is 5.82. The van der Waals surface area contributed by atoms with Crippen LogP contribution in [0.15, 0.2) is 0 Å². The molecule has 1 aliphatic rings. The Morgan fingerprint density at radius 2 is 2.11 bits per heavy atom. The highest BCUT2D eigenvalue weighted by Crippen LogP contribution is 2.38. The van der Waals surface area contributed by atoms with Crippen LogP contribution in [-0.4, -0.2) is 48.1 Å². The predicted molar refractivity (Wildman–Crippen MR) is 69.3 cm³/mol. The van der Waals surface area contributed by atoms with Gasteiger partial charge < -0.3 is 15.3 Å². The monoisotopic (exact) mass is 256 g/mol. The molecule has 2 N–H and O–H groups in total. The van der Waals surface area contributed by atoms with Crippen LogP contribution in [0.2, 0.25) is 0 Å². The van der Waals surface area contributed by atoms with Crippen LogP contribution in [0.4, 0.5) is 0 Å². The third kappa shape index (κ3) is 3.02. The first-order valence-corrected chi connectivity index (χ1v) is 6.66. The third-order valence-electron chi connectivity index (χ3n) is 3.89. The van der Waals surface area contributed by atoms with E-state index in [1.165, 1.54) is 0 Å². The maximum atomic E-state index is 11.9. The van der Waals surface area contributed by atoms with Gasteiger partial charge in [-0.15, -0.1) is 0 Å². The van der Waals surface area contributed by atoms with Gasteiger partial charge in [0.2, 0.25) is 5.91 Å². The number of nitrogens with zero attached hydrogens (tertiary/aromatic N) is 1. The van der Waals surface area contributed by atoms with Gasteiger partial charge in [-0.2, -0.15) is 0 Å². The summed E-state index contributed by atoms with van der Waals surface area (Å²) >= 11 is 0. The minimum Gasteiger partial charge on any atom is -0.481 e. The molecule has 5 nitrogen and oxygen atoms in total. The van der Waals surface area contributed by atoms with E-state index in [2.05, 4.69) is 5.32 Å². The van der Waals surface area contributed by atoms with E-state index in [4.69, 9.17) is 0 Å². The fraction of sp³-hybridized carbons (Fsp3) is 0.846. The standard InChI is InChI=1S/C13H24N2O3/c1-4-6-14-8-11(16)15-7-5-13(9-15,10(2)3)12(17)18/h10,14H,4-9H2,1-3H3,(H,17,18). The molecule has 1 amide bonds. The van der Waals surface area contributed by atoms with Crippen molar-refractivity contribution < 1.29 is 14.7 Å². The average Bonchev–Trinajstić information content (AvgIpc) is 2.75. The molecular formula is C13H24N2O3. The van der Waals surface area contributed by atoms with E-state index < -0.39 is 11.4 Å². The first-order chi connectivity index (χ1) is 8.44. The van der Waals surface area contributed by atoms with Crippen LogP contribution in [0, 0.1) is 11.3 Å². The number of carboxylic acids is 1. The van der Waals surface area contributed by atoms with Crippen LogP contribution < -0.4 is 5.32 Å². The fourth-order valence-electron chi connectivity index (χ4n) is 2.42. The first-order valence-electron chi connectivity index (χ1n) is 6.66. The molecule has 0 aliphatic carbocycles. The van der Waals surface area contributed by atoms with Crippen LogP contribution in [0.25, 0.3) is 0 Å². The second-order valence-corrected chi connectivity index (χ2v) is 5.36. The molecule has 0 aromatic rings. The Labute approximate surface area is 109 Å². The molecule has 5 heteroatoms. The van der Waals surface area contributed by atoms with Gasteiger partial charge in [0, 0.05) is 13.1 Å². The van der Waals surface area contributed by atoms with Crippen molar-refractivity contribution in [2.45, 2.75) is 33.6 Å². The summed E-state index contributed by atoms with van der Waals surface area (Å²) in [5.74, 6) is -0.738. The quantitative estimate of drug-likeness (QED) is 0.694. The van der Waals surface area contributed by atoms with Crippen LogP contribution >= 0.6 is 0 Å². The van der Waals surface area contributed by atoms with Gasteiger partial charge in [0.15, 0.2) is 0 Å². The normalized spacial score (nSPS) is 23.7. The molecule has 1 heterocycles. The number of carboxylic acid groups (broad SMARTS) is 1. The molecule has 0 aromatic heterocycles. The van der Waals surface area contributed by atoms with Gasteiger partial charge in [-0.3, -0.25) is 9.59 Å². The summed E-state index contributed by atoms with van der Waals surface area (Å²) in [5.41, 5.74) is -0.763. The van der Waals surface area contributed by atoms with Gasteiger partial charge in [-0.1, -0.05) is 20.8 Å². The Balaban J connectivity index is 2.58. The summed E-state index contributed by atoms with van der Waals surface area (Å²) in [6, 6.07) is 0. The highest BCUT2D eigenvalue weighted by atomic mass is 16.4. The molecule has 0 aromatic carbocycles. The lowest BCUT2D eigenvalue weighted by atomic mass is 9.76. The lowest BCUT2D eigenvalue weighted by molar-refractivity contribution is -0.151. The van der Waals surface area contributed by atoms with E-state index in [1.54, 1.807) is 4.90 Å². The minimum atomic E-state index is -0.783. The van der Waals surface area contributed by atoms with Crippen LogP contribution in [0.3, 0.4) is 0 Å². The molecule has 0 bridgehead atoms. The number of hydrogen-bond acceptors (Lipinski definition) is 3. The van der Waals surface area contributed by atoms with Crippen LogP contribution in [0.1, 0.15) is 33.6 Å². The molecule has 1 saturated heterocycles. The highest BCUT2D eigenvalue weighted by Gasteiger charge is 2.48. The van der Waals surface area contributed by atoms with Crippen molar-refractivity contribution in [3.8, 4) is 0 Å². The predicted octanol–water partition coefficient (Wildman–Crippen LogP) is 0.945. The molecule has 1 unspecified atom stereocenters. The summed E-state index contributed by atoms with van der Waals surface area (Å²) in [5, 5.41) is 12.5. The zero-order chi connectivity index (χ0) is 13.8. The van der Waals surface area contributed by atoms with Crippen molar-refractivity contribution in [1.29, 1.82) is 0 Å². The van der Waals surface area contributed by atoms with Gasteiger partial charge in [-0.25, -0.2) is 0 Å². The number of amides is 1. The number of aliphatic carboxylic acids is 1. The molecule has 18 heavy (non-hydrogen) atoms. The topological polar surface area (TPSA) is 69.6 Å². The summed E-state index contributed by atoms with van der Waals surface area (Å²) in [7, 11) is 0. The van der Waals surface area contributed by atoms with Crippen molar-refractivity contribution in [3.05, 3.63) is 0 Å². The Kier molecular flexibility index (Phi) is 5.14. The van der Waals surface area contributed by atoms with E-state index in [0.29, 0.717) is 26.1 Å². The van der Waals surface area contributed by atoms with E-state index in [-0.39, 0.29) is 11.8 Å². The summed E-state index contributed by atoms with van der Waals surface area (Å²) in [4.78, 5) is 25.0. The molecular weight excluding hydrogens is 232 g/mol. The van der Waals surface area contributed by atoms with Crippen molar-refractivity contribution >= 4 is 11.9 Å². The summed E-state index contributed by atoms with van der Waals surface area (Å²) < 4.78 is 0. The smallest absolute Gasteiger partial charge is 0.311 e. The third-order valence-corrected chi connectivity index (χ3v) is 3.89. The maximum absolute atomic E-state index is 11.9. The van der Waals surface area contributed by atoms with E-state index >= 15 is 0 Å². The first kappa shape index (κ1) is 15.0. The fourth-order valence-corrected chi connectivity index (χ4v) is 2.42. The number of nitrogens with one attached hydrogen (secondary N) is 1. The molecule has 0 spiro atoms. The van der Waals surface area contributed by atoms with E-state index in [1.807, 2.05) is 20.8 Å². The summed E-state index contributed by atoms with van der Waals surface area (Å²) in [6.45, 7) is 7.88. The number of hydrogen-bond donors (Lipinski definition) is 2. The Bertz CT molecular complexity index is 317.